The topological polar surface area (TPSA) is 83.8 Å². The molecule has 0 amide bonds. The Hall–Kier alpha value is -1.40. The first-order valence-corrected chi connectivity index (χ1v) is 7.91. The maximum atomic E-state index is 12.3. The summed E-state index contributed by atoms with van der Waals surface area (Å²) in [7, 11) is -1.09. The third-order valence-electron chi connectivity index (χ3n) is 3.46. The fraction of sp³-hybridized carbons (Fsp3) is 0.462. The number of nitrogens with two attached hydrogens (primary N) is 1. The van der Waals surface area contributed by atoms with Gasteiger partial charge in [0.2, 0.25) is 0 Å². The molecule has 4 N–H and O–H groups in total. The number of aromatic amines is 1. The second-order valence-electron chi connectivity index (χ2n) is 4.98. The maximum absolute atomic E-state index is 12.3. The normalized spacial score (nSPS) is 21.6. The number of nitrogens with zero attached hydrogens (tertiary/aromatic N) is 1. The zero-order valence-electron chi connectivity index (χ0n) is 10.7. The van der Waals surface area contributed by atoms with E-state index in [0.717, 1.165) is 24.0 Å². The Balaban J connectivity index is 1.77. The molecule has 1 aromatic carbocycles. The summed E-state index contributed by atoms with van der Waals surface area (Å²) < 4.78 is 12.3. The van der Waals surface area contributed by atoms with E-state index in [1.165, 1.54) is 12.8 Å². The first kappa shape index (κ1) is 12.6. The molecule has 5 nitrogen and oxygen atoms in total. The van der Waals surface area contributed by atoms with Gasteiger partial charge in [-0.3, -0.25) is 4.21 Å². The Labute approximate surface area is 114 Å². The maximum Gasteiger partial charge on any atom is 0.197 e. The van der Waals surface area contributed by atoms with Gasteiger partial charge in [-0.05, 0) is 37.6 Å². The molecule has 3 rings (SSSR count). The Morgan fingerprint density at radius 3 is 3.11 bits per heavy atom. The van der Waals surface area contributed by atoms with Crippen LogP contribution in [-0.4, -0.2) is 32.5 Å². The standard InChI is InChI=1S/C13H18N4OS/c14-9-4-5-11-12(7-9)17-13(16-11)19(18)8-10-3-1-2-6-15-10/h4-5,7,10,15H,1-3,6,8,14H2,(H,16,17). The number of nitrogens with one attached hydrogen (secondary N) is 2. The highest BCUT2D eigenvalue weighted by Crippen LogP contribution is 2.17. The number of nitrogen functional groups attached to an aromatic ring is 1. The summed E-state index contributed by atoms with van der Waals surface area (Å²) in [5, 5.41) is 3.96. The van der Waals surface area contributed by atoms with E-state index in [2.05, 4.69) is 15.3 Å². The minimum absolute atomic E-state index is 0.341. The highest BCUT2D eigenvalue weighted by Gasteiger charge is 2.18. The molecular weight excluding hydrogens is 260 g/mol. The van der Waals surface area contributed by atoms with Gasteiger partial charge in [0.1, 0.15) is 0 Å². The molecule has 0 bridgehead atoms. The number of H-pyrrole nitrogens is 1. The summed E-state index contributed by atoms with van der Waals surface area (Å²) in [6.45, 7) is 1.03. The van der Waals surface area contributed by atoms with E-state index in [9.17, 15) is 4.21 Å². The summed E-state index contributed by atoms with van der Waals surface area (Å²) in [5.41, 5.74) is 8.07. The number of anilines is 1. The van der Waals surface area contributed by atoms with Gasteiger partial charge < -0.3 is 16.0 Å². The van der Waals surface area contributed by atoms with E-state index < -0.39 is 10.8 Å². The monoisotopic (exact) mass is 278 g/mol. The van der Waals surface area contributed by atoms with Gasteiger partial charge in [-0.1, -0.05) is 6.42 Å². The third kappa shape index (κ3) is 2.79. The predicted molar refractivity (Wildman–Crippen MR) is 77.4 cm³/mol. The van der Waals surface area contributed by atoms with Crippen LogP contribution in [0.25, 0.3) is 11.0 Å². The van der Waals surface area contributed by atoms with Gasteiger partial charge in [0.25, 0.3) is 0 Å². The molecule has 19 heavy (non-hydrogen) atoms. The number of fused-ring (bicyclic) bond motifs is 1. The number of hydrogen-bond donors (Lipinski definition) is 3. The van der Waals surface area contributed by atoms with Gasteiger partial charge in [0.15, 0.2) is 5.16 Å². The first-order chi connectivity index (χ1) is 9.22. The number of benzene rings is 1. The van der Waals surface area contributed by atoms with Crippen molar-refractivity contribution in [3.63, 3.8) is 0 Å². The number of piperidine rings is 1. The molecule has 1 aliphatic rings. The van der Waals surface area contributed by atoms with E-state index in [1.54, 1.807) is 6.07 Å². The van der Waals surface area contributed by atoms with Gasteiger partial charge >= 0.3 is 0 Å². The molecule has 1 fully saturated rings. The molecule has 102 valence electrons. The second kappa shape index (κ2) is 5.30. The minimum Gasteiger partial charge on any atom is -0.399 e. The van der Waals surface area contributed by atoms with Gasteiger partial charge in [0.05, 0.1) is 21.8 Å². The lowest BCUT2D eigenvalue weighted by Gasteiger charge is -2.22. The fourth-order valence-corrected chi connectivity index (χ4v) is 3.67. The highest BCUT2D eigenvalue weighted by molar-refractivity contribution is 7.84. The Bertz CT molecular complexity index is 604. The van der Waals surface area contributed by atoms with Crippen molar-refractivity contribution in [2.24, 2.45) is 0 Å². The number of imidazole rings is 1. The number of rotatable bonds is 3. The molecule has 0 radical (unpaired) electrons. The minimum atomic E-state index is -1.09. The first-order valence-electron chi connectivity index (χ1n) is 6.59. The molecule has 1 aromatic heterocycles. The van der Waals surface area contributed by atoms with E-state index >= 15 is 0 Å². The molecule has 0 spiro atoms. The van der Waals surface area contributed by atoms with Crippen molar-refractivity contribution in [3.8, 4) is 0 Å². The van der Waals surface area contributed by atoms with Crippen LogP contribution in [0.1, 0.15) is 19.3 Å². The van der Waals surface area contributed by atoms with Crippen LogP contribution in [0.3, 0.4) is 0 Å². The van der Waals surface area contributed by atoms with Crippen LogP contribution in [-0.2, 0) is 10.8 Å². The lowest BCUT2D eigenvalue weighted by atomic mass is 10.1. The Morgan fingerprint density at radius 1 is 1.42 bits per heavy atom. The van der Waals surface area contributed by atoms with E-state index in [-0.39, 0.29) is 0 Å². The van der Waals surface area contributed by atoms with Gasteiger partial charge in [0, 0.05) is 17.5 Å². The van der Waals surface area contributed by atoms with E-state index in [0.29, 0.717) is 22.6 Å². The molecule has 1 aliphatic heterocycles. The van der Waals surface area contributed by atoms with E-state index in [1.807, 2.05) is 12.1 Å². The third-order valence-corrected chi connectivity index (χ3v) is 4.79. The molecule has 0 saturated carbocycles. The molecule has 2 unspecified atom stereocenters. The Kier molecular flexibility index (Phi) is 3.52. The van der Waals surface area contributed by atoms with Crippen molar-refractivity contribution in [3.05, 3.63) is 18.2 Å². The zero-order chi connectivity index (χ0) is 13.2. The van der Waals surface area contributed by atoms with Crippen molar-refractivity contribution in [2.75, 3.05) is 18.0 Å². The lowest BCUT2D eigenvalue weighted by molar-refractivity contribution is 0.427. The van der Waals surface area contributed by atoms with Crippen molar-refractivity contribution < 1.29 is 4.21 Å². The van der Waals surface area contributed by atoms with Crippen molar-refractivity contribution in [2.45, 2.75) is 30.5 Å². The fourth-order valence-electron chi connectivity index (χ4n) is 2.44. The molecule has 0 aliphatic carbocycles. The smallest absolute Gasteiger partial charge is 0.197 e. The van der Waals surface area contributed by atoms with Gasteiger partial charge in [-0.2, -0.15) is 0 Å². The summed E-state index contributed by atoms with van der Waals surface area (Å²) in [6, 6.07) is 5.81. The van der Waals surface area contributed by atoms with E-state index in [4.69, 9.17) is 5.73 Å². The largest absolute Gasteiger partial charge is 0.399 e. The van der Waals surface area contributed by atoms with Gasteiger partial charge in [-0.15, -0.1) is 0 Å². The van der Waals surface area contributed by atoms with Crippen LogP contribution in [0, 0.1) is 0 Å². The summed E-state index contributed by atoms with van der Waals surface area (Å²) in [5.74, 6) is 0.620. The molecule has 1 saturated heterocycles. The molecule has 2 heterocycles. The second-order valence-corrected chi connectivity index (χ2v) is 6.39. The van der Waals surface area contributed by atoms with Crippen molar-refractivity contribution in [1.82, 2.24) is 15.3 Å². The van der Waals surface area contributed by atoms with Crippen LogP contribution < -0.4 is 11.1 Å². The SMILES string of the molecule is Nc1ccc2nc(S(=O)CC3CCCCN3)[nH]c2c1. The summed E-state index contributed by atoms with van der Waals surface area (Å²) in [6.07, 6.45) is 3.53. The average Bonchev–Trinajstić information content (AvgIpc) is 2.83. The molecule has 2 aromatic rings. The average molecular weight is 278 g/mol. The van der Waals surface area contributed by atoms with Crippen molar-refractivity contribution in [1.29, 1.82) is 0 Å². The zero-order valence-corrected chi connectivity index (χ0v) is 11.5. The number of aromatic nitrogens is 2. The van der Waals surface area contributed by atoms with Crippen LogP contribution in [0.4, 0.5) is 5.69 Å². The Morgan fingerprint density at radius 2 is 2.32 bits per heavy atom. The summed E-state index contributed by atoms with van der Waals surface area (Å²) in [4.78, 5) is 7.49. The molecular formula is C13H18N4OS. The number of hydrogen-bond acceptors (Lipinski definition) is 4. The molecule has 6 heteroatoms. The highest BCUT2D eigenvalue weighted by atomic mass is 32.2. The van der Waals surface area contributed by atoms with Crippen LogP contribution >= 0.6 is 0 Å². The summed E-state index contributed by atoms with van der Waals surface area (Å²) >= 11 is 0. The van der Waals surface area contributed by atoms with Crippen LogP contribution in [0.15, 0.2) is 23.4 Å². The predicted octanol–water partition coefficient (Wildman–Crippen LogP) is 1.39. The molecule has 2 atom stereocenters. The lowest BCUT2D eigenvalue weighted by Crippen LogP contribution is -2.38. The van der Waals surface area contributed by atoms with Crippen LogP contribution in [0.5, 0.6) is 0 Å². The van der Waals surface area contributed by atoms with Crippen LogP contribution in [0.2, 0.25) is 0 Å². The van der Waals surface area contributed by atoms with Gasteiger partial charge in [-0.25, -0.2) is 4.98 Å². The quantitative estimate of drug-likeness (QED) is 0.741. The van der Waals surface area contributed by atoms with Crippen molar-refractivity contribution >= 4 is 27.5 Å².